The molecule has 0 saturated carbocycles. The van der Waals surface area contributed by atoms with E-state index in [9.17, 15) is 14.3 Å². The first-order chi connectivity index (χ1) is 13.6. The molecule has 0 amide bonds. The van der Waals surface area contributed by atoms with E-state index in [4.69, 9.17) is 11.3 Å². The number of ether oxygens (including phenoxy) is 1. The Kier molecular flexibility index (Phi) is 4.99. The van der Waals surface area contributed by atoms with Crippen molar-refractivity contribution in [2.24, 2.45) is 0 Å². The number of anilines is 1. The highest BCUT2D eigenvalue weighted by Gasteiger charge is 2.26. The summed E-state index contributed by atoms with van der Waals surface area (Å²) < 4.78 is 18.8. The van der Waals surface area contributed by atoms with E-state index in [2.05, 4.69) is 4.85 Å². The van der Waals surface area contributed by atoms with Crippen LogP contribution in [0.2, 0.25) is 0 Å². The van der Waals surface area contributed by atoms with E-state index in [1.165, 1.54) is 12.1 Å². The molecule has 2 heterocycles. The van der Waals surface area contributed by atoms with Crippen molar-refractivity contribution >= 4 is 38.8 Å². The number of carboxylic acids is 1. The van der Waals surface area contributed by atoms with Crippen LogP contribution in [0.15, 0.2) is 36.4 Å². The molecule has 0 bridgehead atoms. The molecule has 1 N–H and O–H groups in total. The van der Waals surface area contributed by atoms with Gasteiger partial charge in [-0.15, -0.1) is 11.3 Å². The van der Waals surface area contributed by atoms with Gasteiger partial charge in [-0.2, -0.15) is 0 Å². The average Bonchev–Trinajstić information content (AvgIpc) is 3.07. The van der Waals surface area contributed by atoms with Crippen molar-refractivity contribution < 1.29 is 19.0 Å². The molecule has 0 spiro atoms. The Morgan fingerprint density at radius 2 is 1.93 bits per heavy atom. The van der Waals surface area contributed by atoms with Gasteiger partial charge in [0.1, 0.15) is 10.7 Å². The van der Waals surface area contributed by atoms with Gasteiger partial charge < -0.3 is 14.7 Å². The largest absolute Gasteiger partial charge is 0.477 e. The Balaban J connectivity index is 1.76. The van der Waals surface area contributed by atoms with E-state index >= 15 is 0 Å². The predicted molar refractivity (Wildman–Crippen MR) is 107 cm³/mol. The first kappa shape index (κ1) is 18.4. The molecule has 1 fully saturated rings. The number of morpholine rings is 1. The molecule has 1 aromatic heterocycles. The Hall–Kier alpha value is -2.95. The maximum Gasteiger partial charge on any atom is 0.344 e. The molecule has 1 saturated heterocycles. The Morgan fingerprint density at radius 3 is 2.64 bits per heavy atom. The van der Waals surface area contributed by atoms with Crippen LogP contribution in [0.4, 0.5) is 15.1 Å². The molecule has 1 aliphatic heterocycles. The molecule has 0 aliphatic carbocycles. The summed E-state index contributed by atoms with van der Waals surface area (Å²) in [5.41, 5.74) is 1.83. The number of nitrogens with zero attached hydrogens (tertiary/aromatic N) is 2. The van der Waals surface area contributed by atoms with Crippen molar-refractivity contribution in [2.45, 2.75) is 6.42 Å². The number of aromatic carboxylic acids is 1. The molecule has 7 heteroatoms. The van der Waals surface area contributed by atoms with Gasteiger partial charge in [0.2, 0.25) is 5.69 Å². The minimum Gasteiger partial charge on any atom is -0.477 e. The van der Waals surface area contributed by atoms with Gasteiger partial charge in [-0.1, -0.05) is 24.3 Å². The predicted octanol–water partition coefficient (Wildman–Crippen LogP) is 4.72. The lowest BCUT2D eigenvalue weighted by atomic mass is 10.0. The first-order valence-corrected chi connectivity index (χ1v) is 9.66. The third-order valence-corrected chi connectivity index (χ3v) is 6.08. The summed E-state index contributed by atoms with van der Waals surface area (Å²) >= 11 is 1.16. The van der Waals surface area contributed by atoms with E-state index in [1.54, 1.807) is 6.07 Å². The van der Waals surface area contributed by atoms with Crippen molar-refractivity contribution in [2.75, 3.05) is 31.2 Å². The fourth-order valence-corrected chi connectivity index (χ4v) is 4.61. The maximum atomic E-state index is 13.4. The zero-order chi connectivity index (χ0) is 19.7. The van der Waals surface area contributed by atoms with Gasteiger partial charge in [-0.05, 0) is 40.5 Å². The molecule has 142 valence electrons. The number of halogens is 1. The van der Waals surface area contributed by atoms with E-state index in [0.717, 1.165) is 27.7 Å². The summed E-state index contributed by atoms with van der Waals surface area (Å²) in [7, 11) is 0. The van der Waals surface area contributed by atoms with Crippen LogP contribution in [0.1, 0.15) is 20.8 Å². The molecule has 28 heavy (non-hydrogen) atoms. The van der Waals surface area contributed by atoms with Gasteiger partial charge in [0.15, 0.2) is 0 Å². The fourth-order valence-electron chi connectivity index (χ4n) is 3.46. The highest BCUT2D eigenvalue weighted by Crippen LogP contribution is 2.44. The van der Waals surface area contributed by atoms with Gasteiger partial charge in [0.05, 0.1) is 24.8 Å². The Morgan fingerprint density at radius 1 is 1.21 bits per heavy atom. The number of hydrogen-bond acceptors (Lipinski definition) is 4. The van der Waals surface area contributed by atoms with Crippen LogP contribution in [0.25, 0.3) is 15.6 Å². The lowest BCUT2D eigenvalue weighted by molar-refractivity contribution is 0.0701. The zero-order valence-electron chi connectivity index (χ0n) is 14.9. The number of rotatable bonds is 4. The average molecular weight is 396 g/mol. The normalized spacial score (nSPS) is 14.2. The van der Waals surface area contributed by atoms with Crippen LogP contribution < -0.4 is 4.90 Å². The smallest absolute Gasteiger partial charge is 0.344 e. The number of benzene rings is 2. The van der Waals surface area contributed by atoms with Crippen molar-refractivity contribution in [3.8, 4) is 0 Å². The lowest BCUT2D eigenvalue weighted by Gasteiger charge is -2.28. The van der Waals surface area contributed by atoms with Crippen molar-refractivity contribution in [3.05, 3.63) is 69.6 Å². The maximum absolute atomic E-state index is 13.4. The summed E-state index contributed by atoms with van der Waals surface area (Å²) in [4.78, 5) is 17.8. The molecule has 5 nitrogen and oxygen atoms in total. The van der Waals surface area contributed by atoms with E-state index < -0.39 is 5.97 Å². The molecule has 0 atom stereocenters. The van der Waals surface area contributed by atoms with Crippen LogP contribution >= 0.6 is 11.3 Å². The first-order valence-electron chi connectivity index (χ1n) is 8.84. The summed E-state index contributed by atoms with van der Waals surface area (Å²) in [5.74, 6) is -1.32. The summed E-state index contributed by atoms with van der Waals surface area (Å²) in [6, 6.07) is 10.2. The van der Waals surface area contributed by atoms with Crippen LogP contribution in [-0.2, 0) is 11.2 Å². The molecule has 0 unspecified atom stereocenters. The molecule has 4 rings (SSSR count). The zero-order valence-corrected chi connectivity index (χ0v) is 15.8. The van der Waals surface area contributed by atoms with Crippen LogP contribution in [0.5, 0.6) is 0 Å². The number of carboxylic acid groups (broad SMARTS) is 1. The van der Waals surface area contributed by atoms with Crippen molar-refractivity contribution in [1.82, 2.24) is 0 Å². The fraction of sp³-hybridized carbons (Fsp3) is 0.238. The highest BCUT2D eigenvalue weighted by molar-refractivity contribution is 7.18. The monoisotopic (exact) mass is 396 g/mol. The third kappa shape index (κ3) is 3.44. The summed E-state index contributed by atoms with van der Waals surface area (Å²) in [6.45, 7) is 10.1. The van der Waals surface area contributed by atoms with Crippen LogP contribution in [0, 0.1) is 12.4 Å². The van der Waals surface area contributed by atoms with Crippen LogP contribution in [-0.4, -0.2) is 37.4 Å². The number of hydrogen-bond donors (Lipinski definition) is 1. The number of thiophene rings is 1. The minimum atomic E-state index is -1.02. The van der Waals surface area contributed by atoms with Gasteiger partial charge >= 0.3 is 5.97 Å². The molecular formula is C21H17FN2O3S. The third-order valence-electron chi connectivity index (χ3n) is 4.81. The lowest BCUT2D eigenvalue weighted by Crippen LogP contribution is -2.35. The van der Waals surface area contributed by atoms with Gasteiger partial charge in [0, 0.05) is 13.1 Å². The Bertz CT molecular complexity index is 1100. The highest BCUT2D eigenvalue weighted by atomic mass is 32.1. The van der Waals surface area contributed by atoms with Crippen LogP contribution in [0.3, 0.4) is 0 Å². The quantitative estimate of drug-likeness (QED) is 0.649. The standard InChI is InChI=1S/C21H17FN2O3S/c1-23-18-17(11-13-2-3-15-12-16(22)5-4-14(15)10-13)19(21(25)26)28-20(18)24-6-8-27-9-7-24/h2-5,10,12H,6-9,11H2,(H,25,26). The van der Waals surface area contributed by atoms with Crippen molar-refractivity contribution in [3.63, 3.8) is 0 Å². The SMILES string of the molecule is [C-]#[N+]c1c(N2CCOCC2)sc(C(=O)O)c1Cc1ccc2cc(F)ccc2c1. The Labute approximate surface area is 165 Å². The topological polar surface area (TPSA) is 54.1 Å². The second-order valence-corrected chi connectivity index (χ2v) is 7.58. The molecular weight excluding hydrogens is 379 g/mol. The molecule has 2 aromatic carbocycles. The molecule has 0 radical (unpaired) electrons. The minimum absolute atomic E-state index is 0.201. The summed E-state index contributed by atoms with van der Waals surface area (Å²) in [5, 5.41) is 12.1. The molecule has 3 aromatic rings. The van der Waals surface area contributed by atoms with Gasteiger partial charge in [0.25, 0.3) is 0 Å². The van der Waals surface area contributed by atoms with E-state index in [-0.39, 0.29) is 10.7 Å². The second kappa shape index (κ2) is 7.58. The second-order valence-electron chi connectivity index (χ2n) is 6.58. The van der Waals surface area contributed by atoms with Crippen molar-refractivity contribution in [1.29, 1.82) is 0 Å². The van der Waals surface area contributed by atoms with E-state index in [1.807, 2.05) is 23.1 Å². The molecule has 1 aliphatic rings. The van der Waals surface area contributed by atoms with Gasteiger partial charge in [-0.3, -0.25) is 0 Å². The number of carbonyl (C=O) groups is 1. The van der Waals surface area contributed by atoms with E-state index in [0.29, 0.717) is 49.0 Å². The summed E-state index contributed by atoms with van der Waals surface area (Å²) in [6.07, 6.45) is 0.341. The number of fused-ring (bicyclic) bond motifs is 1. The van der Waals surface area contributed by atoms with Gasteiger partial charge in [-0.25, -0.2) is 14.0 Å².